The fraction of sp³-hybridized carbons (Fsp3) is 0.278. The smallest absolute Gasteiger partial charge is 0.330 e. The van der Waals surface area contributed by atoms with E-state index in [0.717, 1.165) is 17.6 Å². The minimum Gasteiger partial charge on any atom is -0.463 e. The van der Waals surface area contributed by atoms with Gasteiger partial charge in [-0.25, -0.2) is 4.79 Å². The summed E-state index contributed by atoms with van der Waals surface area (Å²) in [5, 5.41) is 0.694. The number of carbonyl (C=O) groups is 1. The minimum absolute atomic E-state index is 0.00508. The van der Waals surface area contributed by atoms with Gasteiger partial charge in [-0.15, -0.1) is 6.42 Å². The Balaban J connectivity index is 2.67. The first kappa shape index (κ1) is 17.1. The second-order valence-electron chi connectivity index (χ2n) is 4.60. The highest BCUT2D eigenvalue weighted by molar-refractivity contribution is 6.30. The van der Waals surface area contributed by atoms with Gasteiger partial charge >= 0.3 is 5.97 Å². The molecule has 1 rings (SSSR count). The average Bonchev–Trinajstić information content (AvgIpc) is 2.46. The molecule has 0 saturated heterocycles. The van der Waals surface area contributed by atoms with Crippen molar-refractivity contribution in [3.05, 3.63) is 58.7 Å². The van der Waals surface area contributed by atoms with Crippen LogP contribution in [-0.2, 0) is 9.53 Å². The molecule has 110 valence electrons. The lowest BCUT2D eigenvalue weighted by Gasteiger charge is -2.11. The van der Waals surface area contributed by atoms with Crippen molar-refractivity contribution in [3.8, 4) is 12.3 Å². The number of esters is 1. The van der Waals surface area contributed by atoms with Crippen LogP contribution >= 0.6 is 11.6 Å². The van der Waals surface area contributed by atoms with Crippen LogP contribution in [0.3, 0.4) is 0 Å². The van der Waals surface area contributed by atoms with E-state index >= 15 is 0 Å². The molecule has 0 fully saturated rings. The molecular formula is C18H19ClO2. The van der Waals surface area contributed by atoms with Gasteiger partial charge in [-0.3, -0.25) is 0 Å². The number of ether oxygens (including phenoxy) is 1. The van der Waals surface area contributed by atoms with E-state index in [9.17, 15) is 4.79 Å². The Labute approximate surface area is 131 Å². The normalized spacial score (nSPS) is 13.0. The predicted molar refractivity (Wildman–Crippen MR) is 87.2 cm³/mol. The largest absolute Gasteiger partial charge is 0.463 e. The molecule has 0 aromatic heterocycles. The van der Waals surface area contributed by atoms with E-state index in [1.54, 1.807) is 13.0 Å². The van der Waals surface area contributed by atoms with Crippen LogP contribution in [0.2, 0.25) is 5.02 Å². The molecule has 0 saturated carbocycles. The molecule has 2 nitrogen and oxygen atoms in total. The molecule has 0 N–H and O–H groups in total. The SMILES string of the molecule is C#C[C@@H](C/C(C)=C/C=C/C(=O)OCC)c1ccc(Cl)cc1. The van der Waals surface area contributed by atoms with Crippen molar-refractivity contribution in [2.75, 3.05) is 6.61 Å². The number of terminal acetylenes is 1. The van der Waals surface area contributed by atoms with E-state index < -0.39 is 0 Å². The molecule has 0 amide bonds. The van der Waals surface area contributed by atoms with Crippen LogP contribution < -0.4 is 0 Å². The lowest BCUT2D eigenvalue weighted by Crippen LogP contribution is -1.98. The molecule has 21 heavy (non-hydrogen) atoms. The topological polar surface area (TPSA) is 26.3 Å². The average molecular weight is 303 g/mol. The van der Waals surface area contributed by atoms with Gasteiger partial charge in [0.2, 0.25) is 0 Å². The maximum absolute atomic E-state index is 11.2. The maximum atomic E-state index is 11.2. The van der Waals surface area contributed by atoms with Crippen LogP contribution in [0.1, 0.15) is 31.7 Å². The monoisotopic (exact) mass is 302 g/mol. The summed E-state index contributed by atoms with van der Waals surface area (Å²) in [6.45, 7) is 4.13. The predicted octanol–water partition coefficient (Wildman–Crippen LogP) is 4.51. The molecule has 1 aromatic carbocycles. The zero-order valence-electron chi connectivity index (χ0n) is 12.3. The lowest BCUT2D eigenvalue weighted by atomic mass is 9.93. The Bertz CT molecular complexity index is 562. The number of benzene rings is 1. The molecule has 0 spiro atoms. The summed E-state index contributed by atoms with van der Waals surface area (Å²) in [5.41, 5.74) is 2.15. The first-order valence-electron chi connectivity index (χ1n) is 6.79. The third kappa shape index (κ3) is 6.33. The van der Waals surface area contributed by atoms with Crippen LogP contribution in [0.4, 0.5) is 0 Å². The Morgan fingerprint density at radius 2 is 2.10 bits per heavy atom. The zero-order valence-corrected chi connectivity index (χ0v) is 13.1. The third-order valence-corrected chi connectivity index (χ3v) is 3.15. The molecule has 0 aliphatic rings. The van der Waals surface area contributed by atoms with Crippen molar-refractivity contribution in [3.63, 3.8) is 0 Å². The second-order valence-corrected chi connectivity index (χ2v) is 5.04. The summed E-state index contributed by atoms with van der Waals surface area (Å²) in [6.07, 6.45) is 11.3. The van der Waals surface area contributed by atoms with Crippen molar-refractivity contribution < 1.29 is 9.53 Å². The molecule has 0 radical (unpaired) electrons. The van der Waals surface area contributed by atoms with Gasteiger partial charge in [0.25, 0.3) is 0 Å². The van der Waals surface area contributed by atoms with Crippen molar-refractivity contribution >= 4 is 17.6 Å². The van der Waals surface area contributed by atoms with Gasteiger partial charge in [0.15, 0.2) is 0 Å². The molecule has 1 aromatic rings. The highest BCUT2D eigenvalue weighted by atomic mass is 35.5. The van der Waals surface area contributed by atoms with Crippen LogP contribution in [-0.4, -0.2) is 12.6 Å². The van der Waals surface area contributed by atoms with E-state index in [2.05, 4.69) is 5.92 Å². The number of rotatable bonds is 6. The van der Waals surface area contributed by atoms with Gasteiger partial charge in [-0.1, -0.05) is 47.4 Å². The van der Waals surface area contributed by atoms with Gasteiger partial charge in [0.1, 0.15) is 0 Å². The van der Waals surface area contributed by atoms with Gasteiger partial charge in [0, 0.05) is 17.0 Å². The van der Waals surface area contributed by atoms with Crippen LogP contribution in [0, 0.1) is 12.3 Å². The first-order chi connectivity index (χ1) is 10.1. The fourth-order valence-corrected chi connectivity index (χ4v) is 1.97. The standard InChI is InChI=1S/C18H19ClO2/c1-4-15(16-9-11-17(19)12-10-16)13-14(3)7-6-8-18(20)21-5-2/h1,6-12,15H,5,13H2,2-3H3/b8-6+,14-7+/t15-/m0/s1. The summed E-state index contributed by atoms with van der Waals surface area (Å²) in [7, 11) is 0. The molecule has 0 aliphatic heterocycles. The zero-order chi connectivity index (χ0) is 15.7. The molecule has 1 atom stereocenters. The van der Waals surface area contributed by atoms with Gasteiger partial charge in [0.05, 0.1) is 6.61 Å². The first-order valence-corrected chi connectivity index (χ1v) is 7.16. The molecule has 0 aliphatic carbocycles. The maximum Gasteiger partial charge on any atom is 0.330 e. The number of halogens is 1. The Morgan fingerprint density at radius 1 is 1.43 bits per heavy atom. The summed E-state index contributed by atoms with van der Waals surface area (Å²) in [4.78, 5) is 11.2. The van der Waals surface area contributed by atoms with Gasteiger partial charge in [-0.2, -0.15) is 0 Å². The van der Waals surface area contributed by atoms with Crippen LogP contribution in [0.15, 0.2) is 48.1 Å². The quantitative estimate of drug-likeness (QED) is 0.334. The van der Waals surface area contributed by atoms with Crippen molar-refractivity contribution in [1.82, 2.24) is 0 Å². The van der Waals surface area contributed by atoms with Crippen molar-refractivity contribution in [2.45, 2.75) is 26.2 Å². The van der Waals surface area contributed by atoms with E-state index in [1.807, 2.05) is 37.3 Å². The molecule has 0 unspecified atom stereocenters. The third-order valence-electron chi connectivity index (χ3n) is 2.90. The number of hydrogen-bond donors (Lipinski definition) is 0. The summed E-state index contributed by atoms with van der Waals surface area (Å²) < 4.78 is 4.81. The summed E-state index contributed by atoms with van der Waals surface area (Å²) >= 11 is 5.87. The summed E-state index contributed by atoms with van der Waals surface area (Å²) in [6, 6.07) is 7.55. The molecule has 0 bridgehead atoms. The summed E-state index contributed by atoms with van der Waals surface area (Å²) in [5.74, 6) is 2.44. The van der Waals surface area contributed by atoms with Crippen LogP contribution in [0.5, 0.6) is 0 Å². The second kappa shape index (κ2) is 9.05. The van der Waals surface area contributed by atoms with Crippen molar-refractivity contribution in [1.29, 1.82) is 0 Å². The number of allylic oxidation sites excluding steroid dienone is 3. The highest BCUT2D eigenvalue weighted by Gasteiger charge is 2.08. The van der Waals surface area contributed by atoms with E-state index in [1.165, 1.54) is 6.08 Å². The number of carbonyl (C=O) groups excluding carboxylic acids is 1. The Morgan fingerprint density at radius 3 is 2.67 bits per heavy atom. The van der Waals surface area contributed by atoms with E-state index in [-0.39, 0.29) is 11.9 Å². The molecule has 3 heteroatoms. The number of hydrogen-bond acceptors (Lipinski definition) is 2. The lowest BCUT2D eigenvalue weighted by molar-refractivity contribution is -0.137. The Kier molecular flexibility index (Phi) is 7.36. The molecule has 0 heterocycles. The van der Waals surface area contributed by atoms with Gasteiger partial charge in [-0.05, 0) is 38.0 Å². The van der Waals surface area contributed by atoms with Crippen LogP contribution in [0.25, 0.3) is 0 Å². The fourth-order valence-electron chi connectivity index (χ4n) is 1.84. The van der Waals surface area contributed by atoms with Crippen molar-refractivity contribution in [2.24, 2.45) is 0 Å². The molecular weight excluding hydrogens is 284 g/mol. The highest BCUT2D eigenvalue weighted by Crippen LogP contribution is 2.24. The van der Waals surface area contributed by atoms with Gasteiger partial charge < -0.3 is 4.74 Å². The van der Waals surface area contributed by atoms with E-state index in [4.69, 9.17) is 22.8 Å². The Hall–Kier alpha value is -1.98. The minimum atomic E-state index is -0.340. The van der Waals surface area contributed by atoms with E-state index in [0.29, 0.717) is 11.6 Å².